The molecule has 27 N–H and O–H groups in total. The van der Waals surface area contributed by atoms with E-state index in [1.54, 1.807) is 0 Å². The van der Waals surface area contributed by atoms with Crippen molar-refractivity contribution >= 4 is 0 Å². The average Bonchev–Trinajstić information content (AvgIpc) is 1.80. The van der Waals surface area contributed by atoms with Crippen molar-refractivity contribution in [3.8, 4) is 0 Å². The molecule has 94 heavy (non-hydrogen) atoms. The molecule has 0 heterocycles. The van der Waals surface area contributed by atoms with Crippen molar-refractivity contribution in [3.63, 3.8) is 0 Å². The normalized spacial score (nSPS) is 21.5. The summed E-state index contributed by atoms with van der Waals surface area (Å²) in [6, 6.07) is 0. The fraction of sp³-hybridized carbons (Fsp3) is 1.00. The summed E-state index contributed by atoms with van der Waals surface area (Å²) in [6.45, 7) is 29.7. The van der Waals surface area contributed by atoms with Gasteiger partial charge in [-0.05, 0) is 343 Å². The minimum atomic E-state index is 0.285. The van der Waals surface area contributed by atoms with Gasteiger partial charge in [-0.3, -0.25) is 0 Å². The molecule has 7 aliphatic carbocycles. The molecule has 0 saturated heterocycles. The third kappa shape index (κ3) is 41.9. The summed E-state index contributed by atoms with van der Waals surface area (Å²) in [6.07, 6.45) is 38.5. The van der Waals surface area contributed by atoms with E-state index in [0.29, 0.717) is 157 Å². The van der Waals surface area contributed by atoms with Gasteiger partial charge in [-0.15, -0.1) is 0 Å². The highest BCUT2D eigenvalue weighted by atomic mass is 16.3. The molecule has 0 amide bonds. The highest BCUT2D eigenvalue weighted by molar-refractivity contribution is 4.98. The third-order valence-corrected chi connectivity index (χ3v) is 24.1. The van der Waals surface area contributed by atoms with Crippen molar-refractivity contribution in [2.24, 2.45) is 143 Å². The maximum absolute atomic E-state index is 9.17. The summed E-state index contributed by atoms with van der Waals surface area (Å²) in [7, 11) is 0. The lowest BCUT2D eigenvalue weighted by Crippen LogP contribution is -2.20. The molecule has 568 valence electrons. The molecule has 7 saturated carbocycles. The van der Waals surface area contributed by atoms with Crippen LogP contribution in [0, 0.1) is 91.2 Å². The Morgan fingerprint density at radius 1 is 0.213 bits per heavy atom. The number of rotatable bonds is 44. The minimum Gasteiger partial charge on any atom is -0.396 e. The second-order valence-corrected chi connectivity index (χ2v) is 32.2. The Hall–Kier alpha value is -0.720. The topological polar surface area (TPSA) is 416 Å². The van der Waals surface area contributed by atoms with E-state index in [1.807, 2.05) is 0 Å². The molecular weight excluding hydrogens is 1180 g/mol. The average molecular weight is 1350 g/mol. The van der Waals surface area contributed by atoms with Crippen LogP contribution < -0.4 is 51.6 Å². The number of aliphatic hydroxyl groups is 9. The van der Waals surface area contributed by atoms with Gasteiger partial charge in [-0.25, -0.2) is 0 Å². The smallest absolute Gasteiger partial charge is 0.0464 e. The summed E-state index contributed by atoms with van der Waals surface area (Å²) in [5.74, 6) is 4.43. The Labute approximate surface area is 578 Å². The van der Waals surface area contributed by atoms with Crippen molar-refractivity contribution < 1.29 is 46.0 Å². The molecule has 0 aromatic heterocycles. The largest absolute Gasteiger partial charge is 0.396 e. The lowest BCUT2D eigenvalue weighted by atomic mass is 9.87. The Balaban J connectivity index is 0. The van der Waals surface area contributed by atoms with E-state index in [1.165, 1.54) is 96.3 Å². The molecule has 0 bridgehead atoms. The van der Waals surface area contributed by atoms with E-state index < -0.39 is 0 Å². The molecule has 0 aliphatic heterocycles. The van der Waals surface area contributed by atoms with E-state index >= 15 is 0 Å². The number of hydrogen-bond acceptors (Lipinski definition) is 18. The summed E-state index contributed by atoms with van der Waals surface area (Å²) in [5, 5.41) is 80.9. The zero-order valence-corrected chi connectivity index (χ0v) is 63.0. The van der Waals surface area contributed by atoms with Crippen LogP contribution in [0.15, 0.2) is 0 Å². The van der Waals surface area contributed by atoms with E-state index in [2.05, 4.69) is 62.3 Å². The fourth-order valence-corrected chi connectivity index (χ4v) is 12.9. The first-order valence-corrected chi connectivity index (χ1v) is 38.6. The van der Waals surface area contributed by atoms with Gasteiger partial charge in [0.1, 0.15) is 0 Å². The molecule has 18 nitrogen and oxygen atoms in total. The van der Waals surface area contributed by atoms with E-state index in [0.717, 1.165) is 161 Å². The van der Waals surface area contributed by atoms with Gasteiger partial charge in [0, 0.05) is 59.5 Å². The predicted molar refractivity (Wildman–Crippen MR) is 397 cm³/mol. The highest BCUT2D eigenvalue weighted by Gasteiger charge is 2.48. The Kier molecular flexibility index (Phi) is 54.8. The second-order valence-electron chi connectivity index (χ2n) is 32.2. The molecule has 0 radical (unpaired) electrons. The molecule has 0 aromatic carbocycles. The van der Waals surface area contributed by atoms with Crippen LogP contribution in [0.3, 0.4) is 0 Å². The van der Waals surface area contributed by atoms with Crippen LogP contribution in [0.25, 0.3) is 0 Å². The molecule has 0 spiro atoms. The quantitative estimate of drug-likeness (QED) is 0.0253. The fourth-order valence-electron chi connectivity index (χ4n) is 12.9. The lowest BCUT2D eigenvalue weighted by Gasteiger charge is -2.20. The molecule has 18 heteroatoms. The van der Waals surface area contributed by atoms with Crippen molar-refractivity contribution in [2.45, 2.75) is 274 Å². The number of nitrogens with two attached hydrogens (primary N) is 9. The summed E-state index contributed by atoms with van der Waals surface area (Å²) in [5.41, 5.74) is 51.7. The van der Waals surface area contributed by atoms with E-state index in [-0.39, 0.29) is 6.61 Å². The van der Waals surface area contributed by atoms with Crippen molar-refractivity contribution in [3.05, 3.63) is 0 Å². The molecular formula is C76H165N9O9. The van der Waals surface area contributed by atoms with Crippen LogP contribution >= 0.6 is 0 Å². The van der Waals surface area contributed by atoms with Gasteiger partial charge in [-0.2, -0.15) is 0 Å². The lowest BCUT2D eigenvalue weighted by molar-refractivity contribution is 0.159. The number of unbranched alkanes of at least 4 members (excludes halogenated alkanes) is 1. The van der Waals surface area contributed by atoms with E-state index in [4.69, 9.17) is 97.6 Å². The SMILES string of the molecule is CC1(C(CO)CCCCN)CC1.CC1(C(CO)CCCN)CC1.CC1(C(CO)CCCN)CC1.CC1(C(CO)CCCN)CC1.CC1(C(CO)CCCN)CC1.CC1(C(CO)CCCN)CC1.CC1(C(CO)CCN)CC1.CCC(CO)CCCN.CCC(CO)CCN. The molecule has 7 fully saturated rings. The third-order valence-electron chi connectivity index (χ3n) is 24.1. The molecule has 7 aliphatic rings. The molecule has 9 unspecified atom stereocenters. The van der Waals surface area contributed by atoms with Gasteiger partial charge in [0.05, 0.1) is 0 Å². The molecule has 0 aromatic rings. The Bertz CT molecular complexity index is 1520. The van der Waals surface area contributed by atoms with Crippen molar-refractivity contribution in [1.82, 2.24) is 0 Å². The van der Waals surface area contributed by atoms with Crippen LogP contribution in [0.5, 0.6) is 0 Å². The Morgan fingerprint density at radius 2 is 0.383 bits per heavy atom. The van der Waals surface area contributed by atoms with E-state index in [9.17, 15) is 0 Å². The van der Waals surface area contributed by atoms with Crippen LogP contribution in [0.4, 0.5) is 0 Å². The first-order valence-electron chi connectivity index (χ1n) is 38.6. The first kappa shape index (κ1) is 95.3. The maximum atomic E-state index is 9.17. The van der Waals surface area contributed by atoms with Gasteiger partial charge in [0.15, 0.2) is 0 Å². The summed E-state index contributed by atoms with van der Waals surface area (Å²) < 4.78 is 0. The number of aliphatic hydroxyl groups excluding tert-OH is 9. The zero-order chi connectivity index (χ0) is 71.8. The summed E-state index contributed by atoms with van der Waals surface area (Å²) in [4.78, 5) is 0. The van der Waals surface area contributed by atoms with Gasteiger partial charge in [0.25, 0.3) is 0 Å². The van der Waals surface area contributed by atoms with Gasteiger partial charge in [-0.1, -0.05) is 81.6 Å². The van der Waals surface area contributed by atoms with Crippen LogP contribution in [-0.2, 0) is 0 Å². The Morgan fingerprint density at radius 3 is 0.521 bits per heavy atom. The zero-order valence-electron chi connectivity index (χ0n) is 63.0. The minimum absolute atomic E-state index is 0.285. The van der Waals surface area contributed by atoms with Crippen LogP contribution in [-0.4, -0.2) is 164 Å². The molecule has 9 atom stereocenters. The van der Waals surface area contributed by atoms with Crippen LogP contribution in [0.2, 0.25) is 0 Å². The van der Waals surface area contributed by atoms with Gasteiger partial charge < -0.3 is 97.6 Å². The van der Waals surface area contributed by atoms with Gasteiger partial charge in [0.2, 0.25) is 0 Å². The second kappa shape index (κ2) is 54.0. The van der Waals surface area contributed by atoms with Crippen molar-refractivity contribution in [1.29, 1.82) is 0 Å². The first-order chi connectivity index (χ1) is 44.8. The predicted octanol–water partition coefficient (Wildman–Crippen LogP) is 9.03. The van der Waals surface area contributed by atoms with Gasteiger partial charge >= 0.3 is 0 Å². The monoisotopic (exact) mass is 1350 g/mol. The standard InChI is InChI=1S/C10H21NO.5C9H19NO.C8H17NO.C7H17NO.C6H15NO/c1-10(5-6-10)9(8-12)4-2-3-7-11;5*1-9(4-5-9)8(7-11)3-2-6-10;1-8(3-4-8)7(6-10)2-5-9;1-2-7(6-9)4-3-5-8;1-2-6(5-8)3-4-7/h9,12H,2-8,11H2,1H3;5*8,11H,2-7,10H2,1H3;7,10H,2-6,9H2,1H3;7,9H,2-6,8H2,1H3;6,8H,2-5,7H2,1H3. The van der Waals surface area contributed by atoms with Crippen LogP contribution in [0.1, 0.15) is 274 Å². The maximum Gasteiger partial charge on any atom is 0.0464 e. The highest BCUT2D eigenvalue weighted by Crippen LogP contribution is 2.57. The summed E-state index contributed by atoms with van der Waals surface area (Å²) >= 11 is 0. The molecule has 7 rings (SSSR count). The van der Waals surface area contributed by atoms with Crippen molar-refractivity contribution in [2.75, 3.05) is 118 Å². The number of hydrogen-bond donors (Lipinski definition) is 18.